The topological polar surface area (TPSA) is 53.6 Å². The fourth-order valence-corrected chi connectivity index (χ4v) is 3.10. The molecule has 106 valence electrons. The average molecular weight is 270 g/mol. The van der Waals surface area contributed by atoms with Crippen LogP contribution in [0.2, 0.25) is 0 Å². The quantitative estimate of drug-likeness (QED) is 0.877. The van der Waals surface area contributed by atoms with E-state index in [9.17, 15) is 0 Å². The van der Waals surface area contributed by atoms with Crippen molar-refractivity contribution in [2.75, 3.05) is 0 Å². The molecule has 1 saturated carbocycles. The first kappa shape index (κ1) is 13.3. The van der Waals surface area contributed by atoms with E-state index in [1.54, 1.807) is 6.20 Å². The summed E-state index contributed by atoms with van der Waals surface area (Å²) in [7, 11) is 0. The van der Waals surface area contributed by atoms with E-state index < -0.39 is 0 Å². The van der Waals surface area contributed by atoms with E-state index in [0.717, 1.165) is 23.7 Å². The van der Waals surface area contributed by atoms with Crippen LogP contribution in [0.5, 0.6) is 0 Å². The Balaban J connectivity index is 1.65. The molecule has 2 aromatic rings. The number of nitrogens with zero attached hydrogens (tertiary/aromatic N) is 2. The summed E-state index contributed by atoms with van der Waals surface area (Å²) in [5.74, 6) is 0.837. The second-order valence-corrected chi connectivity index (χ2v) is 5.73. The molecule has 1 aliphatic carbocycles. The minimum Gasteiger partial charge on any atom is -0.310 e. The van der Waals surface area contributed by atoms with Crippen LogP contribution in [0.4, 0.5) is 0 Å². The lowest BCUT2D eigenvalue weighted by Crippen LogP contribution is -2.31. The van der Waals surface area contributed by atoms with Crippen molar-refractivity contribution in [3.05, 3.63) is 36.3 Å². The predicted octanol–water partition coefficient (Wildman–Crippen LogP) is 3.14. The van der Waals surface area contributed by atoms with Gasteiger partial charge in [-0.05, 0) is 37.8 Å². The number of aromatic nitrogens is 3. The highest BCUT2D eigenvalue weighted by Gasteiger charge is 2.21. The summed E-state index contributed by atoms with van der Waals surface area (Å²) in [6, 6.07) is 4.59. The highest BCUT2D eigenvalue weighted by Crippen LogP contribution is 2.28. The smallest absolute Gasteiger partial charge is 0.0710 e. The predicted molar refractivity (Wildman–Crippen MR) is 80.1 cm³/mol. The number of hydrogen-bond donors (Lipinski definition) is 2. The Morgan fingerprint density at radius 3 is 2.95 bits per heavy atom. The van der Waals surface area contributed by atoms with E-state index in [0.29, 0.717) is 6.04 Å². The molecule has 0 unspecified atom stereocenters. The Morgan fingerprint density at radius 1 is 1.35 bits per heavy atom. The minimum atomic E-state index is 0.578. The van der Waals surface area contributed by atoms with Crippen molar-refractivity contribution in [1.82, 2.24) is 20.5 Å². The van der Waals surface area contributed by atoms with Crippen molar-refractivity contribution in [2.24, 2.45) is 5.92 Å². The van der Waals surface area contributed by atoms with E-state index in [4.69, 9.17) is 0 Å². The zero-order chi connectivity index (χ0) is 13.8. The van der Waals surface area contributed by atoms with Crippen LogP contribution >= 0.6 is 0 Å². The van der Waals surface area contributed by atoms with Crippen LogP contribution in [-0.2, 0) is 6.54 Å². The van der Waals surface area contributed by atoms with Gasteiger partial charge in [-0.15, -0.1) is 0 Å². The number of hydrogen-bond acceptors (Lipinski definition) is 3. The number of pyridine rings is 1. The first-order valence-corrected chi connectivity index (χ1v) is 7.50. The van der Waals surface area contributed by atoms with Gasteiger partial charge in [-0.3, -0.25) is 10.1 Å². The van der Waals surface area contributed by atoms with Crippen LogP contribution in [0.25, 0.3) is 11.3 Å². The molecule has 0 aliphatic heterocycles. The summed E-state index contributed by atoms with van der Waals surface area (Å²) < 4.78 is 0. The van der Waals surface area contributed by atoms with E-state index in [2.05, 4.69) is 33.5 Å². The summed E-state index contributed by atoms with van der Waals surface area (Å²) in [5, 5.41) is 10.9. The molecule has 2 aromatic heterocycles. The second kappa shape index (κ2) is 6.18. The molecular formula is C16H22N4. The minimum absolute atomic E-state index is 0.578. The van der Waals surface area contributed by atoms with Crippen molar-refractivity contribution in [3.8, 4) is 11.3 Å². The van der Waals surface area contributed by atoms with Gasteiger partial charge in [0.15, 0.2) is 0 Å². The standard InChI is InChI=1S/C16H22N4/c1-12(13-5-2-3-6-13)18-10-15-11-19-20-16(15)14-7-4-8-17-9-14/h4,7-9,11-13,18H,2-3,5-6,10H2,1H3,(H,19,20)/t12-/m0/s1. The lowest BCUT2D eigenvalue weighted by Gasteiger charge is -2.20. The van der Waals surface area contributed by atoms with Crippen molar-refractivity contribution in [3.63, 3.8) is 0 Å². The maximum atomic E-state index is 4.18. The summed E-state index contributed by atoms with van der Waals surface area (Å²) in [4.78, 5) is 4.17. The number of rotatable bonds is 5. The normalized spacial score (nSPS) is 17.4. The molecule has 0 aromatic carbocycles. The Morgan fingerprint density at radius 2 is 2.20 bits per heavy atom. The maximum Gasteiger partial charge on any atom is 0.0710 e. The van der Waals surface area contributed by atoms with E-state index in [1.807, 2.05) is 18.5 Å². The molecule has 4 heteroatoms. The Kier molecular flexibility index (Phi) is 4.11. The van der Waals surface area contributed by atoms with Gasteiger partial charge in [0.1, 0.15) is 0 Å². The summed E-state index contributed by atoms with van der Waals surface area (Å²) in [6.45, 7) is 3.16. The zero-order valence-corrected chi connectivity index (χ0v) is 12.0. The SMILES string of the molecule is C[C@H](NCc1cn[nH]c1-c1cccnc1)C1CCCC1. The lowest BCUT2D eigenvalue weighted by atomic mass is 9.99. The Labute approximate surface area is 120 Å². The molecule has 0 amide bonds. The molecule has 2 heterocycles. The molecule has 4 nitrogen and oxygen atoms in total. The molecule has 20 heavy (non-hydrogen) atoms. The molecular weight excluding hydrogens is 248 g/mol. The van der Waals surface area contributed by atoms with Gasteiger partial charge in [0.25, 0.3) is 0 Å². The molecule has 2 N–H and O–H groups in total. The third-order valence-electron chi connectivity index (χ3n) is 4.39. The number of aromatic amines is 1. The van der Waals surface area contributed by atoms with Crippen LogP contribution in [0.15, 0.2) is 30.7 Å². The average Bonchev–Trinajstić information content (AvgIpc) is 3.17. The molecule has 1 fully saturated rings. The Bertz CT molecular complexity index is 528. The molecule has 0 saturated heterocycles. The largest absolute Gasteiger partial charge is 0.310 e. The van der Waals surface area contributed by atoms with Gasteiger partial charge in [-0.25, -0.2) is 0 Å². The summed E-state index contributed by atoms with van der Waals surface area (Å²) in [5.41, 5.74) is 3.38. The van der Waals surface area contributed by atoms with E-state index in [-0.39, 0.29) is 0 Å². The fourth-order valence-electron chi connectivity index (χ4n) is 3.10. The number of H-pyrrole nitrogens is 1. The monoisotopic (exact) mass is 270 g/mol. The van der Waals surface area contributed by atoms with Gasteiger partial charge in [0, 0.05) is 36.1 Å². The third-order valence-corrected chi connectivity index (χ3v) is 4.39. The molecule has 1 aliphatic rings. The summed E-state index contributed by atoms with van der Waals surface area (Å²) in [6.07, 6.45) is 11.1. The first-order valence-electron chi connectivity index (χ1n) is 7.50. The highest BCUT2D eigenvalue weighted by molar-refractivity contribution is 5.61. The van der Waals surface area contributed by atoms with Crippen molar-refractivity contribution >= 4 is 0 Å². The number of nitrogens with one attached hydrogen (secondary N) is 2. The van der Waals surface area contributed by atoms with Gasteiger partial charge in [-0.1, -0.05) is 12.8 Å². The van der Waals surface area contributed by atoms with Crippen LogP contribution in [-0.4, -0.2) is 21.2 Å². The summed E-state index contributed by atoms with van der Waals surface area (Å²) >= 11 is 0. The maximum absolute atomic E-state index is 4.18. The zero-order valence-electron chi connectivity index (χ0n) is 12.0. The van der Waals surface area contributed by atoms with Crippen LogP contribution < -0.4 is 5.32 Å². The highest BCUT2D eigenvalue weighted by atomic mass is 15.1. The van der Waals surface area contributed by atoms with E-state index >= 15 is 0 Å². The van der Waals surface area contributed by atoms with Gasteiger partial charge >= 0.3 is 0 Å². The van der Waals surface area contributed by atoms with Gasteiger partial charge in [0.2, 0.25) is 0 Å². The van der Waals surface area contributed by atoms with E-state index in [1.165, 1.54) is 31.2 Å². The van der Waals surface area contributed by atoms with Crippen LogP contribution in [0.3, 0.4) is 0 Å². The van der Waals surface area contributed by atoms with Gasteiger partial charge in [-0.2, -0.15) is 5.10 Å². The van der Waals surface area contributed by atoms with Crippen LogP contribution in [0.1, 0.15) is 38.2 Å². The van der Waals surface area contributed by atoms with Gasteiger partial charge < -0.3 is 5.32 Å². The van der Waals surface area contributed by atoms with Crippen LogP contribution in [0, 0.1) is 5.92 Å². The first-order chi connectivity index (χ1) is 9.84. The van der Waals surface area contributed by atoms with Crippen molar-refractivity contribution in [1.29, 1.82) is 0 Å². The molecule has 0 bridgehead atoms. The fraction of sp³-hybridized carbons (Fsp3) is 0.500. The second-order valence-electron chi connectivity index (χ2n) is 5.73. The van der Waals surface area contributed by atoms with Crippen molar-refractivity contribution < 1.29 is 0 Å². The molecule has 3 rings (SSSR count). The molecule has 0 radical (unpaired) electrons. The lowest BCUT2D eigenvalue weighted by molar-refractivity contribution is 0.381. The Hall–Kier alpha value is -1.68. The van der Waals surface area contributed by atoms with Gasteiger partial charge in [0.05, 0.1) is 11.9 Å². The van der Waals surface area contributed by atoms with Crippen molar-refractivity contribution in [2.45, 2.75) is 45.2 Å². The third kappa shape index (κ3) is 2.90. The molecule has 1 atom stereocenters. The molecule has 0 spiro atoms.